The number of ether oxygens (including phenoxy) is 2. The van der Waals surface area contributed by atoms with Crippen molar-refractivity contribution < 1.29 is 27.5 Å². The second-order valence-corrected chi connectivity index (χ2v) is 9.38. The number of benzene rings is 2. The van der Waals surface area contributed by atoms with Gasteiger partial charge in [-0.25, -0.2) is 8.42 Å². The molecule has 9 heteroatoms. The first-order valence-electron chi connectivity index (χ1n) is 9.80. The minimum absolute atomic E-state index is 0.0723. The first-order valence-corrected chi connectivity index (χ1v) is 11.5. The Hall–Kier alpha value is -3.07. The standard InChI is InChI=1S/C22H26N2O6S/c1-15(25)24-11-9-16-13-18(6-8-19(16)24)31(27,28)12-10-22(26)23(2)20-7-5-17(29-3)14-21(20)30-4/h5-8,13-14H,9-12H2,1-4H3. The molecule has 166 valence electrons. The number of carbonyl (C=O) groups excluding carboxylic acids is 2. The van der Waals surface area contributed by atoms with Gasteiger partial charge in [-0.1, -0.05) is 0 Å². The van der Waals surface area contributed by atoms with Crippen LogP contribution in [0.2, 0.25) is 0 Å². The van der Waals surface area contributed by atoms with E-state index in [1.54, 1.807) is 42.3 Å². The molecule has 0 N–H and O–H groups in total. The van der Waals surface area contributed by atoms with Gasteiger partial charge in [0.1, 0.15) is 11.5 Å². The molecule has 0 saturated heterocycles. The van der Waals surface area contributed by atoms with Gasteiger partial charge in [0.2, 0.25) is 11.8 Å². The predicted octanol–water partition coefficient (Wildman–Crippen LogP) is 2.44. The molecule has 2 aromatic carbocycles. The summed E-state index contributed by atoms with van der Waals surface area (Å²) < 4.78 is 36.1. The van der Waals surface area contributed by atoms with Crippen LogP contribution in [0.1, 0.15) is 18.9 Å². The normalized spacial score (nSPS) is 13.0. The van der Waals surface area contributed by atoms with Crippen LogP contribution >= 0.6 is 0 Å². The fourth-order valence-electron chi connectivity index (χ4n) is 3.60. The summed E-state index contributed by atoms with van der Waals surface area (Å²) >= 11 is 0. The lowest BCUT2D eigenvalue weighted by atomic mass is 10.2. The van der Waals surface area contributed by atoms with Crippen LogP contribution in [0.15, 0.2) is 41.3 Å². The minimum atomic E-state index is -3.66. The van der Waals surface area contributed by atoms with Gasteiger partial charge in [0, 0.05) is 38.7 Å². The molecule has 0 radical (unpaired) electrons. The highest BCUT2D eigenvalue weighted by Crippen LogP contribution is 2.33. The number of anilines is 2. The molecule has 0 saturated carbocycles. The van der Waals surface area contributed by atoms with Gasteiger partial charge in [-0.15, -0.1) is 0 Å². The SMILES string of the molecule is COc1ccc(N(C)C(=O)CCS(=O)(=O)c2ccc3c(c2)CCN3C(C)=O)c(OC)c1. The van der Waals surface area contributed by atoms with Crippen molar-refractivity contribution in [3.63, 3.8) is 0 Å². The van der Waals surface area contributed by atoms with Crippen LogP contribution in [0, 0.1) is 0 Å². The van der Waals surface area contributed by atoms with Crippen molar-refractivity contribution in [2.45, 2.75) is 24.7 Å². The highest BCUT2D eigenvalue weighted by atomic mass is 32.2. The zero-order chi connectivity index (χ0) is 22.8. The Kier molecular flexibility index (Phi) is 6.54. The maximum atomic E-state index is 12.8. The van der Waals surface area contributed by atoms with Crippen molar-refractivity contribution in [3.8, 4) is 11.5 Å². The first kappa shape index (κ1) is 22.6. The molecule has 0 unspecified atom stereocenters. The van der Waals surface area contributed by atoms with Crippen molar-refractivity contribution >= 4 is 33.0 Å². The van der Waals surface area contributed by atoms with E-state index in [-0.39, 0.29) is 28.9 Å². The number of rotatable bonds is 7. The van der Waals surface area contributed by atoms with Gasteiger partial charge in [0.25, 0.3) is 0 Å². The molecule has 1 aliphatic heterocycles. The molecule has 0 fully saturated rings. The second kappa shape index (κ2) is 8.97. The van der Waals surface area contributed by atoms with Crippen molar-refractivity contribution in [2.24, 2.45) is 0 Å². The summed E-state index contributed by atoms with van der Waals surface area (Å²) in [5, 5.41) is 0. The highest BCUT2D eigenvalue weighted by molar-refractivity contribution is 7.91. The highest BCUT2D eigenvalue weighted by Gasteiger charge is 2.26. The Labute approximate surface area is 182 Å². The second-order valence-electron chi connectivity index (χ2n) is 7.27. The number of methoxy groups -OCH3 is 2. The summed E-state index contributed by atoms with van der Waals surface area (Å²) in [6.45, 7) is 2.03. The van der Waals surface area contributed by atoms with E-state index in [4.69, 9.17) is 9.47 Å². The summed E-state index contributed by atoms with van der Waals surface area (Å²) in [6, 6.07) is 9.81. The quantitative estimate of drug-likeness (QED) is 0.649. The summed E-state index contributed by atoms with van der Waals surface area (Å²) in [7, 11) is 0.936. The van der Waals surface area contributed by atoms with Gasteiger partial charge in [-0.05, 0) is 42.3 Å². The van der Waals surface area contributed by atoms with E-state index >= 15 is 0 Å². The van der Waals surface area contributed by atoms with E-state index in [0.717, 1.165) is 11.3 Å². The lowest BCUT2D eigenvalue weighted by molar-refractivity contribution is -0.118. The van der Waals surface area contributed by atoms with Crippen LogP contribution in [-0.2, 0) is 25.8 Å². The Balaban J connectivity index is 1.72. The number of hydrogen-bond donors (Lipinski definition) is 0. The van der Waals surface area contributed by atoms with Crippen molar-refractivity contribution in [1.29, 1.82) is 0 Å². The van der Waals surface area contributed by atoms with Gasteiger partial charge >= 0.3 is 0 Å². The van der Waals surface area contributed by atoms with Gasteiger partial charge in [-0.2, -0.15) is 0 Å². The fraction of sp³-hybridized carbons (Fsp3) is 0.364. The van der Waals surface area contributed by atoms with Crippen LogP contribution in [0.5, 0.6) is 11.5 Å². The average Bonchev–Trinajstić information content (AvgIpc) is 3.20. The first-order chi connectivity index (χ1) is 14.7. The Morgan fingerprint density at radius 3 is 2.48 bits per heavy atom. The summed E-state index contributed by atoms with van der Waals surface area (Å²) in [4.78, 5) is 27.5. The largest absolute Gasteiger partial charge is 0.497 e. The topological polar surface area (TPSA) is 93.2 Å². The molecule has 8 nitrogen and oxygen atoms in total. The number of nitrogens with zero attached hydrogens (tertiary/aromatic N) is 2. The minimum Gasteiger partial charge on any atom is -0.497 e. The van der Waals surface area contributed by atoms with Crippen molar-refractivity contribution in [1.82, 2.24) is 0 Å². The van der Waals surface area contributed by atoms with E-state index < -0.39 is 9.84 Å². The number of sulfone groups is 1. The molecule has 1 aliphatic rings. The molecule has 31 heavy (non-hydrogen) atoms. The number of carbonyl (C=O) groups is 2. The lowest BCUT2D eigenvalue weighted by Crippen LogP contribution is -2.28. The van der Waals surface area contributed by atoms with Crippen LogP contribution in [-0.4, -0.2) is 53.8 Å². The third-order valence-corrected chi connectivity index (χ3v) is 7.11. The average molecular weight is 447 g/mol. The molecule has 3 rings (SSSR count). The van der Waals surface area contributed by atoms with Crippen LogP contribution < -0.4 is 19.3 Å². The predicted molar refractivity (Wildman–Crippen MR) is 118 cm³/mol. The van der Waals surface area contributed by atoms with Crippen molar-refractivity contribution in [3.05, 3.63) is 42.0 Å². The molecule has 0 spiro atoms. The zero-order valence-electron chi connectivity index (χ0n) is 18.0. The molecular formula is C22H26N2O6S. The number of fused-ring (bicyclic) bond motifs is 1. The Morgan fingerprint density at radius 2 is 1.84 bits per heavy atom. The van der Waals surface area contributed by atoms with E-state index in [9.17, 15) is 18.0 Å². The van der Waals surface area contributed by atoms with Gasteiger partial charge in [0.15, 0.2) is 9.84 Å². The molecule has 2 aromatic rings. The molecule has 0 atom stereocenters. The Morgan fingerprint density at radius 1 is 1.10 bits per heavy atom. The van der Waals surface area contributed by atoms with Crippen molar-refractivity contribution in [2.75, 3.05) is 43.4 Å². The molecule has 0 bridgehead atoms. The molecule has 1 heterocycles. The number of amides is 2. The van der Waals surface area contributed by atoms with E-state index in [2.05, 4.69) is 0 Å². The van der Waals surface area contributed by atoms with Gasteiger partial charge in [0.05, 0.1) is 30.6 Å². The molecule has 0 aliphatic carbocycles. The Bertz CT molecular complexity index is 1110. The summed E-state index contributed by atoms with van der Waals surface area (Å²) in [6.07, 6.45) is 0.432. The number of hydrogen-bond acceptors (Lipinski definition) is 6. The lowest BCUT2D eigenvalue weighted by Gasteiger charge is -2.20. The molecular weight excluding hydrogens is 420 g/mol. The van der Waals surface area contributed by atoms with Crippen LogP contribution in [0.25, 0.3) is 0 Å². The van der Waals surface area contributed by atoms with E-state index in [1.807, 2.05) is 0 Å². The zero-order valence-corrected chi connectivity index (χ0v) is 18.9. The summed E-state index contributed by atoms with van der Waals surface area (Å²) in [5.41, 5.74) is 2.09. The maximum Gasteiger partial charge on any atom is 0.227 e. The monoisotopic (exact) mass is 446 g/mol. The maximum absolute atomic E-state index is 12.8. The van der Waals surface area contributed by atoms with E-state index in [0.29, 0.717) is 30.2 Å². The van der Waals surface area contributed by atoms with Crippen LogP contribution in [0.4, 0.5) is 11.4 Å². The van der Waals surface area contributed by atoms with Crippen LogP contribution in [0.3, 0.4) is 0 Å². The molecule has 2 amide bonds. The van der Waals surface area contributed by atoms with E-state index in [1.165, 1.54) is 32.1 Å². The third-order valence-electron chi connectivity index (χ3n) is 5.39. The third kappa shape index (κ3) is 4.66. The molecule has 0 aromatic heterocycles. The van der Waals surface area contributed by atoms with Gasteiger partial charge in [-0.3, -0.25) is 9.59 Å². The smallest absolute Gasteiger partial charge is 0.227 e. The van der Waals surface area contributed by atoms with Gasteiger partial charge < -0.3 is 19.3 Å². The fourth-order valence-corrected chi connectivity index (χ4v) is 4.88. The summed E-state index contributed by atoms with van der Waals surface area (Å²) in [5.74, 6) is 0.299.